The maximum atomic E-state index is 13.0. The van der Waals surface area contributed by atoms with Crippen LogP contribution in [0.2, 0.25) is 0 Å². The van der Waals surface area contributed by atoms with Gasteiger partial charge in [-0.15, -0.1) is 0 Å². The van der Waals surface area contributed by atoms with Crippen molar-refractivity contribution in [2.24, 2.45) is 11.8 Å². The molecule has 1 aliphatic carbocycles. The lowest BCUT2D eigenvalue weighted by Crippen LogP contribution is -2.53. The predicted molar refractivity (Wildman–Crippen MR) is 115 cm³/mol. The van der Waals surface area contributed by atoms with Gasteiger partial charge < -0.3 is 9.80 Å². The highest BCUT2D eigenvalue weighted by atomic mass is 32.2. The number of nitrogens with zero attached hydrogens (tertiary/aromatic N) is 4. The summed E-state index contributed by atoms with van der Waals surface area (Å²) in [6.45, 7) is 3.03. The van der Waals surface area contributed by atoms with Crippen molar-refractivity contribution < 1.29 is 18.0 Å². The van der Waals surface area contributed by atoms with Crippen molar-refractivity contribution in [1.29, 1.82) is 0 Å². The minimum atomic E-state index is -3.56. The average Bonchev–Trinajstić information content (AvgIpc) is 3.32. The number of aromatic nitrogens is 1. The maximum absolute atomic E-state index is 13.0. The zero-order valence-corrected chi connectivity index (χ0v) is 18.8. The Kier molecular flexibility index (Phi) is 6.91. The largest absolute Gasteiger partial charge is 0.339 e. The number of hydrogen-bond acceptors (Lipinski definition) is 5. The van der Waals surface area contributed by atoms with E-state index in [0.29, 0.717) is 64.4 Å². The lowest BCUT2D eigenvalue weighted by atomic mass is 9.96. The molecule has 0 spiro atoms. The van der Waals surface area contributed by atoms with Crippen molar-refractivity contribution in [2.45, 2.75) is 49.8 Å². The Bertz CT molecular complexity index is 870. The molecule has 3 fully saturated rings. The Labute approximate surface area is 184 Å². The first-order valence-electron chi connectivity index (χ1n) is 11.4. The second-order valence-electron chi connectivity index (χ2n) is 8.93. The summed E-state index contributed by atoms with van der Waals surface area (Å²) in [6.07, 6.45) is 9.42. The maximum Gasteiger partial charge on any atom is 0.244 e. The van der Waals surface area contributed by atoms with Gasteiger partial charge in [-0.3, -0.25) is 14.6 Å². The van der Waals surface area contributed by atoms with Crippen LogP contribution in [0.15, 0.2) is 29.4 Å². The van der Waals surface area contributed by atoms with Crippen molar-refractivity contribution in [2.75, 3.05) is 39.3 Å². The van der Waals surface area contributed by atoms with Crippen LogP contribution >= 0.6 is 0 Å². The first-order valence-corrected chi connectivity index (χ1v) is 12.9. The second-order valence-corrected chi connectivity index (χ2v) is 10.9. The summed E-state index contributed by atoms with van der Waals surface area (Å²) in [7, 11) is -3.56. The molecular weight excluding hydrogens is 416 g/mol. The van der Waals surface area contributed by atoms with Gasteiger partial charge in [0.25, 0.3) is 0 Å². The fourth-order valence-corrected chi connectivity index (χ4v) is 6.45. The van der Waals surface area contributed by atoms with E-state index in [2.05, 4.69) is 4.98 Å². The predicted octanol–water partition coefficient (Wildman–Crippen LogP) is 1.73. The first kappa shape index (κ1) is 22.2. The summed E-state index contributed by atoms with van der Waals surface area (Å²) in [5, 5.41) is 0. The number of rotatable bonds is 5. The molecule has 0 radical (unpaired) electrons. The van der Waals surface area contributed by atoms with Crippen molar-refractivity contribution in [3.63, 3.8) is 0 Å². The minimum Gasteiger partial charge on any atom is -0.339 e. The van der Waals surface area contributed by atoms with Gasteiger partial charge in [-0.25, -0.2) is 8.42 Å². The number of piperazine rings is 1. The molecule has 4 rings (SSSR count). The van der Waals surface area contributed by atoms with Crippen molar-refractivity contribution in [3.05, 3.63) is 24.5 Å². The third-order valence-electron chi connectivity index (χ3n) is 6.96. The number of carbonyl (C=O) groups excluding carboxylic acids is 2. The molecule has 3 aliphatic rings. The molecule has 2 amide bonds. The van der Waals surface area contributed by atoms with E-state index < -0.39 is 10.0 Å². The van der Waals surface area contributed by atoms with Gasteiger partial charge in [-0.05, 0) is 43.7 Å². The molecule has 2 saturated heterocycles. The van der Waals surface area contributed by atoms with Crippen LogP contribution in [0.4, 0.5) is 0 Å². The molecule has 0 atom stereocenters. The summed E-state index contributed by atoms with van der Waals surface area (Å²) >= 11 is 0. The minimum absolute atomic E-state index is 0.0984. The quantitative estimate of drug-likeness (QED) is 0.684. The highest BCUT2D eigenvalue weighted by molar-refractivity contribution is 7.89. The molecule has 8 nitrogen and oxygen atoms in total. The number of carbonyl (C=O) groups is 2. The molecule has 170 valence electrons. The summed E-state index contributed by atoms with van der Waals surface area (Å²) in [4.78, 5) is 33.4. The van der Waals surface area contributed by atoms with Crippen LogP contribution in [-0.2, 0) is 19.6 Å². The van der Waals surface area contributed by atoms with Gasteiger partial charge >= 0.3 is 0 Å². The van der Waals surface area contributed by atoms with Crippen molar-refractivity contribution in [3.8, 4) is 0 Å². The second kappa shape index (κ2) is 9.65. The highest BCUT2D eigenvalue weighted by Gasteiger charge is 2.35. The van der Waals surface area contributed by atoms with Gasteiger partial charge in [0.15, 0.2) is 0 Å². The van der Waals surface area contributed by atoms with E-state index in [1.54, 1.807) is 18.3 Å². The third-order valence-corrected chi connectivity index (χ3v) is 8.84. The Balaban J connectivity index is 1.24. The van der Waals surface area contributed by atoms with Gasteiger partial charge in [-0.2, -0.15) is 4.31 Å². The zero-order valence-electron chi connectivity index (χ0n) is 18.0. The van der Waals surface area contributed by atoms with Gasteiger partial charge in [0.1, 0.15) is 4.90 Å². The van der Waals surface area contributed by atoms with Crippen LogP contribution in [0.25, 0.3) is 0 Å². The van der Waals surface area contributed by atoms with E-state index >= 15 is 0 Å². The fourth-order valence-electron chi connectivity index (χ4n) is 5.02. The lowest BCUT2D eigenvalue weighted by molar-refractivity contribution is -0.143. The molecule has 1 aromatic rings. The fraction of sp³-hybridized carbons (Fsp3) is 0.682. The van der Waals surface area contributed by atoms with E-state index in [1.807, 2.05) is 9.80 Å². The molecule has 1 aromatic heterocycles. The van der Waals surface area contributed by atoms with E-state index in [4.69, 9.17) is 0 Å². The molecule has 3 heterocycles. The number of hydrogen-bond donors (Lipinski definition) is 0. The number of piperidine rings is 1. The van der Waals surface area contributed by atoms with E-state index in [-0.39, 0.29) is 22.6 Å². The van der Waals surface area contributed by atoms with Crippen molar-refractivity contribution >= 4 is 21.8 Å². The van der Waals surface area contributed by atoms with Crippen molar-refractivity contribution in [1.82, 2.24) is 19.1 Å². The van der Waals surface area contributed by atoms with Gasteiger partial charge in [-0.1, -0.05) is 12.8 Å². The monoisotopic (exact) mass is 448 g/mol. The first-order chi connectivity index (χ1) is 14.9. The highest BCUT2D eigenvalue weighted by Crippen LogP contribution is 2.29. The summed E-state index contributed by atoms with van der Waals surface area (Å²) in [6, 6.07) is 3.16. The van der Waals surface area contributed by atoms with Crippen LogP contribution in [0.1, 0.15) is 44.9 Å². The molecule has 0 bridgehead atoms. The van der Waals surface area contributed by atoms with Gasteiger partial charge in [0.2, 0.25) is 21.8 Å². The smallest absolute Gasteiger partial charge is 0.244 e. The van der Waals surface area contributed by atoms with Crippen LogP contribution in [0, 0.1) is 11.8 Å². The number of pyridine rings is 1. The molecule has 2 aliphatic heterocycles. The average molecular weight is 449 g/mol. The van der Waals surface area contributed by atoms with E-state index in [0.717, 1.165) is 0 Å². The third kappa shape index (κ3) is 5.09. The van der Waals surface area contributed by atoms with Gasteiger partial charge in [0.05, 0.1) is 0 Å². The molecule has 31 heavy (non-hydrogen) atoms. The van der Waals surface area contributed by atoms with Crippen LogP contribution in [0.3, 0.4) is 0 Å². The Morgan fingerprint density at radius 1 is 0.935 bits per heavy atom. The van der Waals surface area contributed by atoms with Gasteiger partial charge in [0, 0.05) is 64.0 Å². The van der Waals surface area contributed by atoms with E-state index in [1.165, 1.54) is 36.2 Å². The standard InChI is InChI=1S/C22H32N4O4S/c27-21(16-18-4-1-2-5-18)24-12-14-25(15-13-24)22(28)19-7-10-26(11-8-19)31(29,30)20-6-3-9-23-17-20/h3,6,9,17-19H,1-2,4-5,7-8,10-16H2. The number of sulfonamides is 1. The lowest BCUT2D eigenvalue weighted by Gasteiger charge is -2.38. The summed E-state index contributed by atoms with van der Waals surface area (Å²) < 4.78 is 26.9. The molecule has 0 unspecified atom stereocenters. The molecule has 1 saturated carbocycles. The van der Waals surface area contributed by atoms with E-state index in [9.17, 15) is 18.0 Å². The molecule has 0 aromatic carbocycles. The SMILES string of the molecule is O=C(CC1CCCC1)N1CCN(C(=O)C2CCN(S(=O)(=O)c3cccnc3)CC2)CC1. The topological polar surface area (TPSA) is 90.9 Å². The zero-order chi connectivity index (χ0) is 21.8. The normalized spacial score (nSPS) is 22.1. The molecule has 9 heteroatoms. The summed E-state index contributed by atoms with van der Waals surface area (Å²) in [5.74, 6) is 0.718. The van der Waals surface area contributed by atoms with Crippen LogP contribution in [-0.4, -0.2) is 78.6 Å². The Hall–Kier alpha value is -2.00. The molecular formula is C22H32N4O4S. The van der Waals surface area contributed by atoms with Crippen LogP contribution in [0.5, 0.6) is 0 Å². The Morgan fingerprint density at radius 3 is 2.19 bits per heavy atom. The summed E-state index contributed by atoms with van der Waals surface area (Å²) in [5.41, 5.74) is 0. The van der Waals surface area contributed by atoms with Crippen LogP contribution < -0.4 is 0 Å². The molecule has 0 N–H and O–H groups in total. The Morgan fingerprint density at radius 2 is 1.58 bits per heavy atom. The number of amides is 2.